The van der Waals surface area contributed by atoms with Crippen molar-refractivity contribution in [2.24, 2.45) is 0 Å². The fourth-order valence-electron chi connectivity index (χ4n) is 2.20. The molecule has 2 rings (SSSR count). The van der Waals surface area contributed by atoms with Crippen LogP contribution in [0.25, 0.3) is 0 Å². The molecule has 2 atom stereocenters. The maximum absolute atomic E-state index is 12.2. The number of carboxylic acid groups (broad SMARTS) is 1. The molecular weight excluding hydrogens is 328 g/mol. The average Bonchev–Trinajstić information content (AvgIpc) is 2.77. The summed E-state index contributed by atoms with van der Waals surface area (Å²) < 4.78 is 0.853. The van der Waals surface area contributed by atoms with Gasteiger partial charge in [-0.25, -0.2) is 9.59 Å². The van der Waals surface area contributed by atoms with Crippen molar-refractivity contribution in [2.75, 3.05) is 11.9 Å². The number of urea groups is 1. The number of amides is 2. The van der Waals surface area contributed by atoms with E-state index in [0.29, 0.717) is 5.69 Å². The van der Waals surface area contributed by atoms with Gasteiger partial charge in [-0.15, -0.1) is 0 Å². The van der Waals surface area contributed by atoms with Crippen molar-refractivity contribution in [1.29, 1.82) is 0 Å². The van der Waals surface area contributed by atoms with Crippen molar-refractivity contribution >= 4 is 33.6 Å². The van der Waals surface area contributed by atoms with Gasteiger partial charge in [-0.2, -0.15) is 0 Å². The van der Waals surface area contributed by atoms with Gasteiger partial charge in [-0.3, -0.25) is 0 Å². The number of hydrogen-bond acceptors (Lipinski definition) is 3. The molecule has 0 saturated carbocycles. The number of carbonyl (C=O) groups excluding carboxylic acids is 1. The third-order valence-corrected chi connectivity index (χ3v) is 4.19. The Kier molecular flexibility index (Phi) is 4.29. The first-order valence-corrected chi connectivity index (χ1v) is 6.93. The predicted molar refractivity (Wildman–Crippen MR) is 76.7 cm³/mol. The summed E-state index contributed by atoms with van der Waals surface area (Å²) in [6.45, 7) is 1.86. The number of benzene rings is 1. The lowest BCUT2D eigenvalue weighted by atomic mass is 10.2. The number of hydrogen-bond donors (Lipinski definition) is 3. The maximum atomic E-state index is 12.2. The van der Waals surface area contributed by atoms with Crippen molar-refractivity contribution in [2.45, 2.75) is 25.5 Å². The van der Waals surface area contributed by atoms with Gasteiger partial charge in [0, 0.05) is 23.1 Å². The van der Waals surface area contributed by atoms with Crippen LogP contribution in [0, 0.1) is 6.92 Å². The van der Waals surface area contributed by atoms with Crippen molar-refractivity contribution in [1.82, 2.24) is 4.90 Å². The van der Waals surface area contributed by atoms with Crippen LogP contribution in [0.5, 0.6) is 0 Å². The molecule has 0 bridgehead atoms. The number of carbonyl (C=O) groups is 2. The van der Waals surface area contributed by atoms with Crippen molar-refractivity contribution < 1.29 is 19.8 Å². The topological polar surface area (TPSA) is 89.9 Å². The minimum Gasteiger partial charge on any atom is -0.480 e. The van der Waals surface area contributed by atoms with Crippen LogP contribution in [0.2, 0.25) is 0 Å². The molecule has 1 heterocycles. The van der Waals surface area contributed by atoms with E-state index in [1.807, 2.05) is 13.0 Å². The molecule has 0 spiro atoms. The Morgan fingerprint density at radius 3 is 2.80 bits per heavy atom. The average molecular weight is 343 g/mol. The van der Waals surface area contributed by atoms with Crippen molar-refractivity contribution in [3.05, 3.63) is 28.2 Å². The Morgan fingerprint density at radius 1 is 1.45 bits per heavy atom. The summed E-state index contributed by atoms with van der Waals surface area (Å²) in [5.41, 5.74) is 1.46. The number of halogens is 1. The quantitative estimate of drug-likeness (QED) is 0.764. The number of aliphatic hydroxyl groups is 1. The molecule has 1 saturated heterocycles. The van der Waals surface area contributed by atoms with Crippen LogP contribution in [0.1, 0.15) is 12.0 Å². The largest absolute Gasteiger partial charge is 0.480 e. The molecule has 7 heteroatoms. The molecule has 0 aliphatic carbocycles. The van der Waals surface area contributed by atoms with Gasteiger partial charge in [0.25, 0.3) is 0 Å². The van der Waals surface area contributed by atoms with E-state index in [1.165, 1.54) is 0 Å². The van der Waals surface area contributed by atoms with Gasteiger partial charge in [0.15, 0.2) is 0 Å². The van der Waals surface area contributed by atoms with Gasteiger partial charge in [0.2, 0.25) is 0 Å². The lowest BCUT2D eigenvalue weighted by molar-refractivity contribution is -0.141. The van der Waals surface area contributed by atoms with Crippen molar-refractivity contribution in [3.8, 4) is 0 Å². The monoisotopic (exact) mass is 342 g/mol. The fraction of sp³-hybridized carbons (Fsp3) is 0.385. The molecule has 0 unspecified atom stereocenters. The van der Waals surface area contributed by atoms with E-state index in [-0.39, 0.29) is 13.0 Å². The second kappa shape index (κ2) is 5.80. The number of anilines is 1. The molecule has 1 aliphatic rings. The van der Waals surface area contributed by atoms with E-state index in [9.17, 15) is 14.7 Å². The first-order valence-electron chi connectivity index (χ1n) is 6.13. The Balaban J connectivity index is 2.15. The number of likely N-dealkylation sites (tertiary alicyclic amines) is 1. The number of nitrogens with one attached hydrogen (secondary N) is 1. The lowest BCUT2D eigenvalue weighted by Gasteiger charge is -2.22. The van der Waals surface area contributed by atoms with E-state index in [0.717, 1.165) is 14.9 Å². The Bertz CT molecular complexity index is 549. The van der Waals surface area contributed by atoms with Gasteiger partial charge >= 0.3 is 12.0 Å². The molecule has 2 amide bonds. The molecular formula is C13H15BrN2O4. The summed E-state index contributed by atoms with van der Waals surface area (Å²) in [4.78, 5) is 24.4. The van der Waals surface area contributed by atoms with E-state index in [4.69, 9.17) is 5.11 Å². The van der Waals surface area contributed by atoms with Gasteiger partial charge in [-0.1, -0.05) is 22.0 Å². The number of rotatable bonds is 2. The zero-order valence-corrected chi connectivity index (χ0v) is 12.4. The minimum atomic E-state index is -1.11. The Hall–Kier alpha value is -1.60. The summed E-state index contributed by atoms with van der Waals surface area (Å²) in [7, 11) is 0. The fourth-order valence-corrected chi connectivity index (χ4v) is 2.57. The number of nitrogens with zero attached hydrogens (tertiary/aromatic N) is 1. The highest BCUT2D eigenvalue weighted by Crippen LogP contribution is 2.25. The summed E-state index contributed by atoms with van der Waals surface area (Å²) in [6.07, 6.45) is -0.745. The third-order valence-electron chi connectivity index (χ3n) is 3.33. The maximum Gasteiger partial charge on any atom is 0.326 e. The first-order chi connectivity index (χ1) is 9.40. The zero-order chi connectivity index (χ0) is 14.9. The predicted octanol–water partition coefficient (Wildman–Crippen LogP) is 1.81. The van der Waals surface area contributed by atoms with E-state index in [1.54, 1.807) is 12.1 Å². The van der Waals surface area contributed by atoms with Crippen LogP contribution in [0.3, 0.4) is 0 Å². The lowest BCUT2D eigenvalue weighted by Crippen LogP contribution is -2.43. The second-order valence-corrected chi connectivity index (χ2v) is 5.59. The van der Waals surface area contributed by atoms with Crippen LogP contribution in [0.4, 0.5) is 10.5 Å². The molecule has 3 N–H and O–H groups in total. The second-order valence-electron chi connectivity index (χ2n) is 4.74. The molecule has 1 aromatic rings. The number of β-amino-alcohol motifs (C(OH)–C–C–N with tert-alkyl or cyclic N) is 1. The number of aliphatic carboxylic acids is 1. The first kappa shape index (κ1) is 14.8. The van der Waals surface area contributed by atoms with Crippen LogP contribution in [-0.2, 0) is 4.79 Å². The molecule has 6 nitrogen and oxygen atoms in total. The van der Waals surface area contributed by atoms with Crippen LogP contribution >= 0.6 is 15.9 Å². The van der Waals surface area contributed by atoms with E-state index < -0.39 is 24.1 Å². The highest BCUT2D eigenvalue weighted by Gasteiger charge is 2.39. The Morgan fingerprint density at radius 2 is 2.15 bits per heavy atom. The molecule has 0 aromatic heterocycles. The van der Waals surface area contributed by atoms with E-state index >= 15 is 0 Å². The normalized spacial score (nSPS) is 21.9. The van der Waals surface area contributed by atoms with Crippen LogP contribution < -0.4 is 5.32 Å². The number of carboxylic acids is 1. The van der Waals surface area contributed by atoms with Gasteiger partial charge in [0.1, 0.15) is 6.04 Å². The SMILES string of the molecule is Cc1c(Br)cccc1NC(=O)N1C[C@@H](O)C[C@H]1C(=O)O. The zero-order valence-electron chi connectivity index (χ0n) is 10.8. The summed E-state index contributed by atoms with van der Waals surface area (Å²) in [5, 5.41) is 21.3. The molecule has 108 valence electrons. The molecule has 0 radical (unpaired) electrons. The highest BCUT2D eigenvalue weighted by molar-refractivity contribution is 9.10. The molecule has 1 aromatic carbocycles. The third kappa shape index (κ3) is 2.94. The summed E-state index contributed by atoms with van der Waals surface area (Å²) in [6, 6.07) is 3.86. The Labute approximate surface area is 124 Å². The summed E-state index contributed by atoms with van der Waals surface area (Å²) in [5.74, 6) is -1.11. The van der Waals surface area contributed by atoms with Gasteiger partial charge in [-0.05, 0) is 24.6 Å². The summed E-state index contributed by atoms with van der Waals surface area (Å²) >= 11 is 3.37. The van der Waals surface area contributed by atoms with Crippen molar-refractivity contribution in [3.63, 3.8) is 0 Å². The van der Waals surface area contributed by atoms with Crippen LogP contribution in [0.15, 0.2) is 22.7 Å². The van der Waals surface area contributed by atoms with Crippen LogP contribution in [-0.4, -0.2) is 45.8 Å². The molecule has 1 aliphatic heterocycles. The number of aliphatic hydroxyl groups excluding tert-OH is 1. The molecule has 20 heavy (non-hydrogen) atoms. The molecule has 1 fully saturated rings. The van der Waals surface area contributed by atoms with Gasteiger partial charge < -0.3 is 20.4 Å². The van der Waals surface area contributed by atoms with E-state index in [2.05, 4.69) is 21.2 Å². The standard InChI is InChI=1S/C13H15BrN2O4/c1-7-9(14)3-2-4-10(7)15-13(20)16-6-8(17)5-11(16)12(18)19/h2-4,8,11,17H,5-6H2,1H3,(H,15,20)(H,18,19)/t8-,11-/m0/s1. The van der Waals surface area contributed by atoms with Gasteiger partial charge in [0.05, 0.1) is 6.10 Å². The smallest absolute Gasteiger partial charge is 0.326 e. The highest BCUT2D eigenvalue weighted by atomic mass is 79.9. The minimum absolute atomic E-state index is 0.0237.